The van der Waals surface area contributed by atoms with Crippen LogP contribution in [0.2, 0.25) is 5.15 Å². The van der Waals surface area contributed by atoms with Crippen molar-refractivity contribution in [1.29, 1.82) is 0 Å². The molecule has 0 bridgehead atoms. The lowest BCUT2D eigenvalue weighted by Gasteiger charge is -2.29. The molecule has 1 aromatic heterocycles. The van der Waals surface area contributed by atoms with Crippen LogP contribution in [0.1, 0.15) is 28.9 Å². The fourth-order valence-electron chi connectivity index (χ4n) is 3.78. The summed E-state index contributed by atoms with van der Waals surface area (Å²) in [5.41, 5.74) is 17.8. The van der Waals surface area contributed by atoms with Crippen molar-refractivity contribution < 1.29 is 40.2 Å². The molecule has 45 heavy (non-hydrogen) atoms. The van der Waals surface area contributed by atoms with E-state index in [9.17, 15) is 25.2 Å². The first-order valence-electron chi connectivity index (χ1n) is 13.5. The van der Waals surface area contributed by atoms with Gasteiger partial charge in [0, 0.05) is 26.2 Å². The molecule has 2 rings (SSSR count). The van der Waals surface area contributed by atoms with Gasteiger partial charge in [0.2, 0.25) is 0 Å². The number of amides is 1. The summed E-state index contributed by atoms with van der Waals surface area (Å²) < 4.78 is 5.76. The average molecular weight is 697 g/mol. The average Bonchev–Trinajstić information content (AvgIpc) is 2.98. The number of nitrogen functional groups attached to an aromatic ring is 2. The number of aromatic nitrogens is 2. The van der Waals surface area contributed by atoms with E-state index in [1.807, 2.05) is 12.1 Å². The highest BCUT2D eigenvalue weighted by Crippen LogP contribution is 2.17. The number of carbonyl (C=O) groups excluding carboxylic acids is 1. The van der Waals surface area contributed by atoms with Crippen LogP contribution in [-0.4, -0.2) is 128 Å². The predicted octanol–water partition coefficient (Wildman–Crippen LogP) is -2.30. The Morgan fingerprint density at radius 2 is 1.51 bits per heavy atom. The Kier molecular flexibility index (Phi) is 20.7. The maximum atomic E-state index is 12.3. The molecule has 0 fully saturated rings. The maximum absolute atomic E-state index is 12.3. The third-order valence-electron chi connectivity index (χ3n) is 6.27. The molecule has 0 unspecified atom stereocenters. The minimum Gasteiger partial charge on any atom is -0.492 e. The standard InChI is InChI=1S/C26H41ClN8O8.2H2S/c27-22-24(29)33-23(28)21(32-22)25(42)34-26(30)31-8-2-1-3-15-4-6-16(7-5-15)43-10-9-35(11-17(38)19(40)13-36)12-18(39)20(41)14-37;;/h4-7,17-20,36-41H,1-3,8-14H2,(H4,28,29,33)(H3,30,31,34,42);2*1H2/t17-,18-,19+,20+;;/m1../s1. The van der Waals surface area contributed by atoms with Crippen molar-refractivity contribution in [3.63, 3.8) is 0 Å². The molecule has 0 aliphatic rings. The topological polar surface area (TPSA) is 279 Å². The third-order valence-corrected chi connectivity index (χ3v) is 6.55. The molecule has 0 aliphatic carbocycles. The van der Waals surface area contributed by atoms with Gasteiger partial charge in [-0.1, -0.05) is 23.7 Å². The van der Waals surface area contributed by atoms with Crippen LogP contribution in [0.5, 0.6) is 5.75 Å². The van der Waals surface area contributed by atoms with E-state index in [0.717, 1.165) is 18.4 Å². The van der Waals surface area contributed by atoms with Crippen molar-refractivity contribution in [2.45, 2.75) is 43.7 Å². The Morgan fingerprint density at radius 1 is 0.933 bits per heavy atom. The third kappa shape index (κ3) is 15.0. The largest absolute Gasteiger partial charge is 0.492 e. The number of halogens is 1. The quantitative estimate of drug-likeness (QED) is 0.0446. The summed E-state index contributed by atoms with van der Waals surface area (Å²) in [6.07, 6.45) is -3.03. The second-order valence-electron chi connectivity index (χ2n) is 9.70. The number of carbonyl (C=O) groups is 1. The Bertz CT molecular complexity index is 1170. The number of benzene rings is 1. The van der Waals surface area contributed by atoms with E-state index in [2.05, 4.69) is 20.3 Å². The summed E-state index contributed by atoms with van der Waals surface area (Å²) in [5, 5.41) is 59.7. The molecule has 0 spiro atoms. The van der Waals surface area contributed by atoms with E-state index in [1.165, 1.54) is 0 Å². The van der Waals surface area contributed by atoms with Crippen LogP contribution < -0.4 is 27.3 Å². The highest BCUT2D eigenvalue weighted by molar-refractivity contribution is 7.59. The van der Waals surface area contributed by atoms with E-state index < -0.39 is 43.5 Å². The van der Waals surface area contributed by atoms with Gasteiger partial charge in [0.25, 0.3) is 5.91 Å². The number of aliphatic hydroxyl groups is 6. The summed E-state index contributed by atoms with van der Waals surface area (Å²) in [4.78, 5) is 25.5. The molecular formula is C26H45ClN8O8S2. The van der Waals surface area contributed by atoms with Crippen LogP contribution in [0.4, 0.5) is 11.6 Å². The van der Waals surface area contributed by atoms with Crippen LogP contribution in [0.25, 0.3) is 0 Å². The summed E-state index contributed by atoms with van der Waals surface area (Å²) in [6.45, 7) is -0.681. The number of guanidine groups is 1. The smallest absolute Gasteiger partial charge is 0.280 e. The fourth-order valence-corrected chi connectivity index (χ4v) is 3.91. The van der Waals surface area contributed by atoms with Crippen LogP contribution in [0.15, 0.2) is 29.3 Å². The number of aliphatic imine (C=N–C) groups is 1. The number of nitrogens with zero attached hydrogens (tertiary/aromatic N) is 4. The normalized spacial score (nSPS) is 14.1. The second kappa shape index (κ2) is 22.0. The molecule has 13 N–H and O–H groups in total. The molecule has 4 atom stereocenters. The van der Waals surface area contributed by atoms with Crippen molar-refractivity contribution in [3.8, 4) is 5.75 Å². The molecule has 19 heteroatoms. The second-order valence-corrected chi connectivity index (χ2v) is 10.1. The van der Waals surface area contributed by atoms with E-state index >= 15 is 0 Å². The fraction of sp³-hybridized carbons (Fsp3) is 0.538. The van der Waals surface area contributed by atoms with Gasteiger partial charge in [-0.2, -0.15) is 27.0 Å². The number of hydrogen-bond acceptors (Lipinski definition) is 14. The van der Waals surface area contributed by atoms with E-state index in [-0.39, 0.29) is 81.7 Å². The number of ether oxygens (including phenoxy) is 1. The van der Waals surface area contributed by atoms with Gasteiger partial charge in [-0.3, -0.25) is 20.0 Å². The minimum atomic E-state index is -1.36. The van der Waals surface area contributed by atoms with Crippen molar-refractivity contribution in [1.82, 2.24) is 20.2 Å². The number of unbranched alkanes of at least 4 members (excludes halogenated alkanes) is 1. The van der Waals surface area contributed by atoms with E-state index in [4.69, 9.17) is 43.8 Å². The molecule has 0 saturated carbocycles. The lowest BCUT2D eigenvalue weighted by atomic mass is 10.1. The first-order valence-corrected chi connectivity index (χ1v) is 13.9. The zero-order valence-electron chi connectivity index (χ0n) is 24.6. The van der Waals surface area contributed by atoms with E-state index in [0.29, 0.717) is 18.7 Å². The van der Waals surface area contributed by atoms with Gasteiger partial charge in [-0.15, -0.1) is 0 Å². The number of aliphatic hydroxyl groups excluding tert-OH is 6. The van der Waals surface area contributed by atoms with Gasteiger partial charge in [0.1, 0.15) is 24.6 Å². The van der Waals surface area contributed by atoms with Gasteiger partial charge < -0.3 is 52.6 Å². The van der Waals surface area contributed by atoms with Gasteiger partial charge in [-0.05, 0) is 37.0 Å². The van der Waals surface area contributed by atoms with Crippen molar-refractivity contribution in [3.05, 3.63) is 40.7 Å². The summed E-state index contributed by atoms with van der Waals surface area (Å²) in [7, 11) is 0. The first-order chi connectivity index (χ1) is 20.4. The zero-order valence-corrected chi connectivity index (χ0v) is 27.3. The SMILES string of the molecule is NC(=NCCCCc1ccc(OCCN(C[C@@H](O)[C@@H](O)CO)C[C@@H](O)[C@@H](O)CO)cc1)NC(=O)c1nc(Cl)c(N)nc1N.S.S. The van der Waals surface area contributed by atoms with Gasteiger partial charge in [0.05, 0.1) is 25.4 Å². The Labute approximate surface area is 280 Å². The monoisotopic (exact) mass is 696 g/mol. The number of rotatable bonds is 18. The molecule has 16 nitrogen and oxygen atoms in total. The number of hydrogen-bond donors (Lipinski definition) is 10. The molecule has 1 aromatic carbocycles. The summed E-state index contributed by atoms with van der Waals surface area (Å²) >= 11 is 5.79. The van der Waals surface area contributed by atoms with E-state index in [1.54, 1.807) is 17.0 Å². The first kappa shape index (κ1) is 42.3. The summed E-state index contributed by atoms with van der Waals surface area (Å²) in [6, 6.07) is 7.43. The van der Waals surface area contributed by atoms with Crippen LogP contribution in [0.3, 0.4) is 0 Å². The molecule has 256 valence electrons. The number of anilines is 2. The lowest BCUT2D eigenvalue weighted by molar-refractivity contribution is -0.0551. The molecule has 1 heterocycles. The number of nitrogens with two attached hydrogens (primary N) is 3. The molecule has 0 saturated heterocycles. The maximum Gasteiger partial charge on any atom is 0.280 e. The minimum absolute atomic E-state index is 0. The van der Waals surface area contributed by atoms with Crippen LogP contribution >= 0.6 is 38.6 Å². The number of nitrogens with one attached hydrogen (secondary N) is 1. The molecule has 2 aromatic rings. The Hall–Kier alpha value is -2.65. The van der Waals surface area contributed by atoms with Gasteiger partial charge in [0.15, 0.2) is 28.4 Å². The Balaban J connectivity index is 0.00000968. The van der Waals surface area contributed by atoms with Crippen LogP contribution in [0, 0.1) is 0 Å². The van der Waals surface area contributed by atoms with Gasteiger partial charge in [-0.25, -0.2) is 9.97 Å². The molecule has 0 aliphatic heterocycles. The molecular weight excluding hydrogens is 652 g/mol. The Morgan fingerprint density at radius 3 is 2.07 bits per heavy atom. The molecule has 0 radical (unpaired) electrons. The van der Waals surface area contributed by atoms with Crippen LogP contribution in [-0.2, 0) is 6.42 Å². The van der Waals surface area contributed by atoms with Gasteiger partial charge >= 0.3 is 0 Å². The lowest BCUT2D eigenvalue weighted by Crippen LogP contribution is -2.47. The van der Waals surface area contributed by atoms with Crippen molar-refractivity contribution >= 4 is 62.1 Å². The number of aryl methyl sites for hydroxylation is 1. The van der Waals surface area contributed by atoms with Crippen molar-refractivity contribution in [2.24, 2.45) is 10.7 Å². The highest BCUT2D eigenvalue weighted by atomic mass is 35.5. The highest BCUT2D eigenvalue weighted by Gasteiger charge is 2.24. The summed E-state index contributed by atoms with van der Waals surface area (Å²) in [5.74, 6) is -0.491. The predicted molar refractivity (Wildman–Crippen MR) is 180 cm³/mol. The van der Waals surface area contributed by atoms with Crippen molar-refractivity contribution in [2.75, 3.05) is 57.5 Å². The molecule has 1 amide bonds. The zero-order chi connectivity index (χ0) is 31.9.